The van der Waals surface area contributed by atoms with Gasteiger partial charge >= 0.3 is 0 Å². The molecule has 6 nitrogen and oxygen atoms in total. The summed E-state index contributed by atoms with van der Waals surface area (Å²) in [5, 5.41) is 0.844. The molecule has 0 atom stereocenters. The lowest BCUT2D eigenvalue weighted by Gasteiger charge is -2.44. The average Bonchev–Trinajstić information content (AvgIpc) is 3.21. The number of halogens is 2. The van der Waals surface area contributed by atoms with Gasteiger partial charge in [-0.2, -0.15) is 0 Å². The molecule has 2 aliphatic rings. The summed E-state index contributed by atoms with van der Waals surface area (Å²) < 4.78 is 10.7. The second kappa shape index (κ2) is 9.41. The highest BCUT2D eigenvalue weighted by molar-refractivity contribution is 8.00. The normalized spacial score (nSPS) is 17.5. The molecule has 0 N–H and O–H groups in total. The zero-order valence-electron chi connectivity index (χ0n) is 17.9. The predicted molar refractivity (Wildman–Crippen MR) is 127 cm³/mol. The fourth-order valence-corrected chi connectivity index (χ4v) is 6.23. The zero-order chi connectivity index (χ0) is 22.9. The minimum atomic E-state index is -0.325. The van der Waals surface area contributed by atoms with E-state index < -0.39 is 0 Å². The number of hydrogen-bond donors (Lipinski definition) is 0. The van der Waals surface area contributed by atoms with E-state index in [2.05, 4.69) is 0 Å². The van der Waals surface area contributed by atoms with Gasteiger partial charge in [0.2, 0.25) is 0 Å². The first kappa shape index (κ1) is 23.1. The van der Waals surface area contributed by atoms with Crippen LogP contribution >= 0.6 is 35.0 Å². The van der Waals surface area contributed by atoms with Gasteiger partial charge in [-0.25, -0.2) is 0 Å². The van der Waals surface area contributed by atoms with Gasteiger partial charge in [0.1, 0.15) is 11.5 Å². The quantitative estimate of drug-likeness (QED) is 0.608. The molecule has 170 valence electrons. The van der Waals surface area contributed by atoms with Crippen molar-refractivity contribution >= 4 is 46.8 Å². The number of methoxy groups -OCH3 is 2. The lowest BCUT2D eigenvalue weighted by molar-refractivity contribution is 0.0497. The van der Waals surface area contributed by atoms with E-state index in [0.717, 1.165) is 5.75 Å². The van der Waals surface area contributed by atoms with Crippen LogP contribution in [0.3, 0.4) is 0 Å². The molecule has 2 saturated heterocycles. The molecule has 9 heteroatoms. The summed E-state index contributed by atoms with van der Waals surface area (Å²) >= 11 is 14.0. The number of carbonyl (C=O) groups excluding carboxylic acids is 2. The number of ether oxygens (including phenoxy) is 2. The van der Waals surface area contributed by atoms with E-state index in [1.54, 1.807) is 67.3 Å². The largest absolute Gasteiger partial charge is 0.497 e. The third-order valence-corrected chi connectivity index (χ3v) is 8.12. The smallest absolute Gasteiger partial charge is 0.255 e. The van der Waals surface area contributed by atoms with Crippen molar-refractivity contribution in [1.29, 1.82) is 0 Å². The first-order chi connectivity index (χ1) is 15.4. The van der Waals surface area contributed by atoms with Gasteiger partial charge in [0, 0.05) is 42.0 Å². The number of nitrogens with zero attached hydrogens (tertiary/aromatic N) is 2. The van der Waals surface area contributed by atoms with Gasteiger partial charge in [0.15, 0.2) is 0 Å². The molecule has 1 spiro atoms. The molecule has 0 radical (unpaired) electrons. The maximum atomic E-state index is 13.5. The van der Waals surface area contributed by atoms with E-state index in [0.29, 0.717) is 65.1 Å². The third kappa shape index (κ3) is 4.38. The lowest BCUT2D eigenvalue weighted by atomic mass is 10.00. The van der Waals surface area contributed by atoms with Crippen LogP contribution in [-0.4, -0.2) is 66.1 Å². The SMILES string of the molecule is COc1cc(OC)cc(C(=O)N2CCSC23CCN(C(=O)c2ccc(Cl)cc2Cl)CC3)c1. The molecule has 2 heterocycles. The van der Waals surface area contributed by atoms with Gasteiger partial charge in [0.05, 0.1) is 29.7 Å². The van der Waals surface area contributed by atoms with Crippen LogP contribution < -0.4 is 9.47 Å². The van der Waals surface area contributed by atoms with Crippen LogP contribution in [0.15, 0.2) is 36.4 Å². The predicted octanol–water partition coefficient (Wildman–Crippen LogP) is 4.83. The van der Waals surface area contributed by atoms with E-state index in [4.69, 9.17) is 32.7 Å². The first-order valence-corrected chi connectivity index (χ1v) is 12.0. The number of carbonyl (C=O) groups is 2. The number of likely N-dealkylation sites (tertiary alicyclic amines) is 1. The van der Waals surface area contributed by atoms with Crippen LogP contribution in [-0.2, 0) is 0 Å². The maximum absolute atomic E-state index is 13.5. The van der Waals surface area contributed by atoms with E-state index in [9.17, 15) is 9.59 Å². The number of amides is 2. The van der Waals surface area contributed by atoms with Crippen molar-refractivity contribution in [3.05, 3.63) is 57.6 Å². The molecular formula is C23H24Cl2N2O4S. The second-order valence-corrected chi connectivity index (χ2v) is 10.1. The summed E-state index contributed by atoms with van der Waals surface area (Å²) in [5.41, 5.74) is 0.983. The molecule has 0 aromatic heterocycles. The number of thioether (sulfide) groups is 1. The summed E-state index contributed by atoms with van der Waals surface area (Å²) in [6.45, 7) is 1.77. The number of piperidine rings is 1. The maximum Gasteiger partial charge on any atom is 0.255 e. The molecule has 0 aliphatic carbocycles. The zero-order valence-corrected chi connectivity index (χ0v) is 20.2. The molecule has 4 rings (SSSR count). The minimum absolute atomic E-state index is 0.0484. The molecule has 0 unspecified atom stereocenters. The number of benzene rings is 2. The molecule has 2 fully saturated rings. The Balaban J connectivity index is 1.50. The van der Waals surface area contributed by atoms with Crippen LogP contribution in [0.25, 0.3) is 0 Å². The standard InChI is InChI=1S/C23H24Cl2N2O4S/c1-30-17-11-15(12-18(14-17)31-2)21(28)27-9-10-32-23(27)5-7-26(8-6-23)22(29)19-4-3-16(24)13-20(19)25/h3-4,11-14H,5-10H2,1-2H3. The molecule has 2 aliphatic heterocycles. The molecule has 0 bridgehead atoms. The Morgan fingerprint density at radius 3 is 2.19 bits per heavy atom. The van der Waals surface area contributed by atoms with Gasteiger partial charge < -0.3 is 19.3 Å². The first-order valence-electron chi connectivity index (χ1n) is 10.3. The van der Waals surface area contributed by atoms with E-state index in [-0.39, 0.29) is 16.7 Å². The van der Waals surface area contributed by atoms with Gasteiger partial charge in [-0.05, 0) is 43.2 Å². The summed E-state index contributed by atoms with van der Waals surface area (Å²) in [4.78, 5) is 29.9. The van der Waals surface area contributed by atoms with Gasteiger partial charge in [-0.1, -0.05) is 23.2 Å². The molecule has 2 aromatic rings. The van der Waals surface area contributed by atoms with Crippen molar-refractivity contribution in [3.63, 3.8) is 0 Å². The molecule has 0 saturated carbocycles. The lowest BCUT2D eigenvalue weighted by Crippen LogP contribution is -2.53. The van der Waals surface area contributed by atoms with Crippen molar-refractivity contribution in [1.82, 2.24) is 9.80 Å². The van der Waals surface area contributed by atoms with Crippen LogP contribution in [0.1, 0.15) is 33.6 Å². The highest BCUT2D eigenvalue weighted by Gasteiger charge is 2.47. The Labute approximate surface area is 201 Å². The third-order valence-electron chi connectivity index (χ3n) is 6.01. The number of hydrogen-bond acceptors (Lipinski definition) is 5. The molecule has 2 amide bonds. The van der Waals surface area contributed by atoms with Crippen molar-refractivity contribution in [3.8, 4) is 11.5 Å². The summed E-state index contributed by atoms with van der Waals surface area (Å²) in [7, 11) is 3.13. The highest BCUT2D eigenvalue weighted by Crippen LogP contribution is 2.45. The second-order valence-electron chi connectivity index (χ2n) is 7.77. The highest BCUT2D eigenvalue weighted by atomic mass is 35.5. The van der Waals surface area contributed by atoms with Crippen LogP contribution in [0.4, 0.5) is 0 Å². The molecular weight excluding hydrogens is 471 g/mol. The monoisotopic (exact) mass is 494 g/mol. The van der Waals surface area contributed by atoms with Crippen molar-refractivity contribution < 1.29 is 19.1 Å². The minimum Gasteiger partial charge on any atom is -0.497 e. The van der Waals surface area contributed by atoms with Crippen molar-refractivity contribution in [2.45, 2.75) is 17.7 Å². The Hall–Kier alpha value is -2.09. The number of rotatable bonds is 4. The average molecular weight is 495 g/mol. The Morgan fingerprint density at radius 1 is 0.938 bits per heavy atom. The Bertz CT molecular complexity index is 1020. The van der Waals surface area contributed by atoms with Gasteiger partial charge in [-0.3, -0.25) is 9.59 Å². The van der Waals surface area contributed by atoms with Crippen molar-refractivity contribution in [2.75, 3.05) is 39.6 Å². The van der Waals surface area contributed by atoms with Crippen LogP contribution in [0.2, 0.25) is 10.0 Å². The van der Waals surface area contributed by atoms with Crippen LogP contribution in [0.5, 0.6) is 11.5 Å². The summed E-state index contributed by atoms with van der Waals surface area (Å²) in [6, 6.07) is 10.1. The van der Waals surface area contributed by atoms with E-state index in [1.165, 1.54) is 0 Å². The Kier molecular flexibility index (Phi) is 6.79. The topological polar surface area (TPSA) is 59.1 Å². The van der Waals surface area contributed by atoms with E-state index in [1.807, 2.05) is 4.90 Å². The van der Waals surface area contributed by atoms with E-state index >= 15 is 0 Å². The summed E-state index contributed by atoms with van der Waals surface area (Å²) in [6.07, 6.45) is 1.39. The fourth-order valence-electron chi connectivity index (χ4n) is 4.29. The fraction of sp³-hybridized carbons (Fsp3) is 0.391. The molecule has 2 aromatic carbocycles. The van der Waals surface area contributed by atoms with Gasteiger partial charge in [0.25, 0.3) is 11.8 Å². The van der Waals surface area contributed by atoms with Crippen LogP contribution in [0, 0.1) is 0 Å². The molecule has 32 heavy (non-hydrogen) atoms. The van der Waals surface area contributed by atoms with Gasteiger partial charge in [-0.15, -0.1) is 11.8 Å². The summed E-state index contributed by atoms with van der Waals surface area (Å²) in [5.74, 6) is 1.86. The van der Waals surface area contributed by atoms with Crippen molar-refractivity contribution in [2.24, 2.45) is 0 Å². The Morgan fingerprint density at radius 2 is 1.59 bits per heavy atom.